The Morgan fingerprint density at radius 1 is 0.880 bits per heavy atom. The Morgan fingerprint density at radius 3 is 2.32 bits per heavy atom. The Hall–Kier alpha value is -2.10. The predicted octanol–water partition coefficient (Wildman–Crippen LogP) is 3.92. The van der Waals surface area contributed by atoms with Crippen molar-refractivity contribution in [1.82, 2.24) is 9.80 Å². The van der Waals surface area contributed by atoms with Crippen molar-refractivity contribution in [2.24, 2.45) is 0 Å². The largest absolute Gasteiger partial charge is 0.494 e. The number of piperazine rings is 1. The minimum atomic E-state index is 0.721. The normalized spacial score (nSPS) is 16.4. The van der Waals surface area contributed by atoms with Crippen LogP contribution in [0.5, 0.6) is 5.75 Å². The van der Waals surface area contributed by atoms with Crippen molar-refractivity contribution in [1.29, 1.82) is 0 Å². The topological polar surface area (TPSA) is 15.7 Å². The van der Waals surface area contributed by atoms with E-state index in [9.17, 15) is 0 Å². The summed E-state index contributed by atoms with van der Waals surface area (Å²) >= 11 is 0. The van der Waals surface area contributed by atoms with Gasteiger partial charge in [-0.2, -0.15) is 0 Å². The van der Waals surface area contributed by atoms with Crippen LogP contribution in [-0.2, 0) is 6.54 Å². The quantitative estimate of drug-likeness (QED) is 0.762. The van der Waals surface area contributed by atoms with Crippen LogP contribution in [0.2, 0.25) is 0 Å². The number of para-hydroxylation sites is 1. The Balaban J connectivity index is 1.45. The molecule has 1 fully saturated rings. The van der Waals surface area contributed by atoms with Crippen molar-refractivity contribution in [2.45, 2.75) is 13.5 Å². The number of benzene rings is 2. The van der Waals surface area contributed by atoms with Crippen molar-refractivity contribution >= 4 is 6.08 Å². The number of hydrogen-bond acceptors (Lipinski definition) is 3. The third-order valence-corrected chi connectivity index (χ3v) is 4.60. The first-order valence-electron chi connectivity index (χ1n) is 9.22. The second-order valence-electron chi connectivity index (χ2n) is 6.43. The van der Waals surface area contributed by atoms with Gasteiger partial charge < -0.3 is 4.74 Å². The highest BCUT2D eigenvalue weighted by atomic mass is 16.5. The maximum atomic E-state index is 5.75. The maximum absolute atomic E-state index is 5.75. The molecule has 0 saturated carbocycles. The number of hydrogen-bond donors (Lipinski definition) is 0. The molecule has 1 heterocycles. The summed E-state index contributed by atoms with van der Waals surface area (Å²) in [4.78, 5) is 5.04. The van der Waals surface area contributed by atoms with Crippen molar-refractivity contribution in [2.75, 3.05) is 39.3 Å². The first kappa shape index (κ1) is 17.7. The molecule has 1 aliphatic rings. The average Bonchev–Trinajstić information content (AvgIpc) is 2.66. The lowest BCUT2D eigenvalue weighted by molar-refractivity contribution is 0.136. The second kappa shape index (κ2) is 9.40. The third kappa shape index (κ3) is 5.45. The van der Waals surface area contributed by atoms with E-state index in [0.717, 1.165) is 51.6 Å². The number of ether oxygens (including phenoxy) is 1. The van der Waals surface area contributed by atoms with E-state index in [1.165, 1.54) is 11.1 Å². The van der Waals surface area contributed by atoms with Crippen LogP contribution in [0, 0.1) is 0 Å². The molecule has 0 spiro atoms. The summed E-state index contributed by atoms with van der Waals surface area (Å²) in [5.74, 6) is 1.03. The van der Waals surface area contributed by atoms with E-state index in [1.807, 2.05) is 13.0 Å². The van der Waals surface area contributed by atoms with Gasteiger partial charge in [0.25, 0.3) is 0 Å². The summed E-state index contributed by atoms with van der Waals surface area (Å²) < 4.78 is 5.75. The van der Waals surface area contributed by atoms with Gasteiger partial charge in [0, 0.05) is 44.8 Å². The van der Waals surface area contributed by atoms with Gasteiger partial charge in [0.15, 0.2) is 0 Å². The number of nitrogens with zero attached hydrogens (tertiary/aromatic N) is 2. The van der Waals surface area contributed by atoms with Gasteiger partial charge in [-0.15, -0.1) is 0 Å². The Bertz CT molecular complexity index is 661. The fourth-order valence-corrected chi connectivity index (χ4v) is 3.20. The highest BCUT2D eigenvalue weighted by Crippen LogP contribution is 2.20. The van der Waals surface area contributed by atoms with E-state index in [1.54, 1.807) is 0 Å². The number of rotatable bonds is 7. The smallest absolute Gasteiger partial charge is 0.123 e. The van der Waals surface area contributed by atoms with Gasteiger partial charge in [0.1, 0.15) is 5.75 Å². The molecular weight excluding hydrogens is 308 g/mol. The minimum absolute atomic E-state index is 0.721. The Labute approximate surface area is 151 Å². The van der Waals surface area contributed by atoms with Gasteiger partial charge in [-0.1, -0.05) is 60.7 Å². The summed E-state index contributed by atoms with van der Waals surface area (Å²) in [5.41, 5.74) is 2.57. The third-order valence-electron chi connectivity index (χ3n) is 4.60. The van der Waals surface area contributed by atoms with Gasteiger partial charge in [0.2, 0.25) is 0 Å². The summed E-state index contributed by atoms with van der Waals surface area (Å²) in [5, 5.41) is 0. The monoisotopic (exact) mass is 336 g/mol. The zero-order chi connectivity index (χ0) is 17.3. The van der Waals surface area contributed by atoms with E-state index in [-0.39, 0.29) is 0 Å². The summed E-state index contributed by atoms with van der Waals surface area (Å²) in [6.45, 7) is 9.23. The molecule has 0 bridgehead atoms. The molecule has 1 saturated heterocycles. The molecule has 0 radical (unpaired) electrons. The van der Waals surface area contributed by atoms with E-state index in [4.69, 9.17) is 4.74 Å². The maximum Gasteiger partial charge on any atom is 0.123 e. The molecule has 0 aromatic heterocycles. The molecule has 132 valence electrons. The van der Waals surface area contributed by atoms with Crippen LogP contribution in [0.1, 0.15) is 18.1 Å². The van der Waals surface area contributed by atoms with Crippen LogP contribution < -0.4 is 4.74 Å². The van der Waals surface area contributed by atoms with Gasteiger partial charge in [-0.05, 0) is 18.6 Å². The van der Waals surface area contributed by atoms with Gasteiger partial charge in [0.05, 0.1) is 6.61 Å². The van der Waals surface area contributed by atoms with Crippen molar-refractivity contribution in [3.63, 3.8) is 0 Å². The molecule has 25 heavy (non-hydrogen) atoms. The molecule has 0 atom stereocenters. The zero-order valence-corrected chi connectivity index (χ0v) is 15.1. The molecule has 2 aromatic rings. The molecule has 3 nitrogen and oxygen atoms in total. The van der Waals surface area contributed by atoms with Gasteiger partial charge >= 0.3 is 0 Å². The minimum Gasteiger partial charge on any atom is -0.494 e. The van der Waals surface area contributed by atoms with Crippen LogP contribution in [0.3, 0.4) is 0 Å². The van der Waals surface area contributed by atoms with E-state index in [2.05, 4.69) is 70.5 Å². The lowest BCUT2D eigenvalue weighted by Gasteiger charge is -2.34. The van der Waals surface area contributed by atoms with Crippen molar-refractivity contribution in [3.8, 4) is 5.75 Å². The summed E-state index contributed by atoms with van der Waals surface area (Å²) in [6.07, 6.45) is 4.49. The SMILES string of the molecule is CCOc1ccccc1CN1CCN(C/C=C/c2ccccc2)CC1. The predicted molar refractivity (Wildman–Crippen MR) is 105 cm³/mol. The standard InChI is InChI=1S/C22H28N2O/c1-2-25-22-13-7-6-12-21(22)19-24-17-15-23(16-18-24)14-8-11-20-9-4-3-5-10-20/h3-13H,2,14-19H2,1H3/b11-8+. The molecule has 1 aliphatic heterocycles. The van der Waals surface area contributed by atoms with E-state index >= 15 is 0 Å². The molecule has 2 aromatic carbocycles. The van der Waals surface area contributed by atoms with Crippen LogP contribution in [0.25, 0.3) is 6.08 Å². The molecule has 0 unspecified atom stereocenters. The molecular formula is C22H28N2O. The first-order valence-corrected chi connectivity index (χ1v) is 9.22. The van der Waals surface area contributed by atoms with Crippen molar-refractivity contribution in [3.05, 3.63) is 71.8 Å². The highest BCUT2D eigenvalue weighted by Gasteiger charge is 2.17. The Kier molecular flexibility index (Phi) is 6.66. The molecule has 3 rings (SSSR count). The highest BCUT2D eigenvalue weighted by molar-refractivity contribution is 5.48. The lowest BCUT2D eigenvalue weighted by atomic mass is 10.1. The van der Waals surface area contributed by atoms with Crippen LogP contribution in [0.15, 0.2) is 60.7 Å². The second-order valence-corrected chi connectivity index (χ2v) is 6.43. The Morgan fingerprint density at radius 2 is 1.56 bits per heavy atom. The van der Waals surface area contributed by atoms with E-state index < -0.39 is 0 Å². The van der Waals surface area contributed by atoms with E-state index in [0.29, 0.717) is 0 Å². The summed E-state index contributed by atoms with van der Waals surface area (Å²) in [6, 6.07) is 18.9. The van der Waals surface area contributed by atoms with Crippen LogP contribution >= 0.6 is 0 Å². The average molecular weight is 336 g/mol. The summed E-state index contributed by atoms with van der Waals surface area (Å²) in [7, 11) is 0. The fraction of sp³-hybridized carbons (Fsp3) is 0.364. The van der Waals surface area contributed by atoms with Crippen LogP contribution in [0.4, 0.5) is 0 Å². The zero-order valence-electron chi connectivity index (χ0n) is 15.1. The van der Waals surface area contributed by atoms with Crippen molar-refractivity contribution < 1.29 is 4.74 Å². The molecule has 0 N–H and O–H groups in total. The fourth-order valence-electron chi connectivity index (χ4n) is 3.20. The van der Waals surface area contributed by atoms with Crippen LogP contribution in [-0.4, -0.2) is 49.1 Å². The molecule has 3 heteroatoms. The van der Waals surface area contributed by atoms with Gasteiger partial charge in [-0.3, -0.25) is 9.80 Å². The lowest BCUT2D eigenvalue weighted by Crippen LogP contribution is -2.45. The first-order chi connectivity index (χ1) is 12.3. The van der Waals surface area contributed by atoms with Gasteiger partial charge in [-0.25, -0.2) is 0 Å². The molecule has 0 aliphatic carbocycles. The molecule has 0 amide bonds.